The molecule has 0 fully saturated rings. The molecule has 0 aliphatic carbocycles. The van der Waals surface area contributed by atoms with Gasteiger partial charge in [-0.3, -0.25) is 0 Å². The molecule has 6 nitrogen and oxygen atoms in total. The van der Waals surface area contributed by atoms with Crippen molar-refractivity contribution in [3.05, 3.63) is 53.6 Å². The number of carbonyl (C=O) groups is 2. The second kappa shape index (κ2) is 5.26. The number of aromatic nitrogens is 2. The van der Waals surface area contributed by atoms with Gasteiger partial charge < -0.3 is 9.84 Å². The Morgan fingerprint density at radius 1 is 1.05 bits per heavy atom. The number of hydrogen-bond donors (Lipinski definition) is 1. The van der Waals surface area contributed by atoms with E-state index in [4.69, 9.17) is 9.84 Å². The highest BCUT2D eigenvalue weighted by Crippen LogP contribution is 2.13. The number of carboxylic acids is 1. The summed E-state index contributed by atoms with van der Waals surface area (Å²) in [7, 11) is 0. The predicted molar refractivity (Wildman–Crippen MR) is 65.1 cm³/mol. The molecule has 0 aliphatic rings. The van der Waals surface area contributed by atoms with Crippen molar-refractivity contribution in [1.29, 1.82) is 0 Å². The van der Waals surface area contributed by atoms with E-state index in [0.29, 0.717) is 5.75 Å². The monoisotopic (exact) mass is 258 g/mol. The Balaban J connectivity index is 2.11. The quantitative estimate of drug-likeness (QED) is 0.665. The van der Waals surface area contributed by atoms with E-state index in [1.165, 1.54) is 0 Å². The Morgan fingerprint density at radius 2 is 1.63 bits per heavy atom. The largest absolute Gasteiger partial charge is 0.476 e. The Kier molecular flexibility index (Phi) is 3.51. The summed E-state index contributed by atoms with van der Waals surface area (Å²) in [5, 5.41) is 8.66. The van der Waals surface area contributed by atoms with Gasteiger partial charge in [0.25, 0.3) is 0 Å². The molecule has 1 heterocycles. The minimum atomic E-state index is -1.20. The maximum absolute atomic E-state index is 11.7. The number of rotatable bonds is 3. The van der Waals surface area contributed by atoms with Crippen molar-refractivity contribution >= 4 is 11.9 Å². The van der Waals surface area contributed by atoms with E-state index >= 15 is 0 Å². The molecule has 96 valence electrons. The lowest BCUT2D eigenvalue weighted by atomic mass is 10.2. The first-order valence-electron chi connectivity index (χ1n) is 5.40. The van der Waals surface area contributed by atoms with Crippen LogP contribution in [0.25, 0.3) is 0 Å². The Morgan fingerprint density at radius 3 is 2.16 bits per heavy atom. The highest BCUT2D eigenvalue weighted by Gasteiger charge is 2.12. The van der Waals surface area contributed by atoms with Crippen LogP contribution in [0.15, 0.2) is 36.7 Å². The second-order valence-corrected chi connectivity index (χ2v) is 3.79. The lowest BCUT2D eigenvalue weighted by Gasteiger charge is -2.03. The van der Waals surface area contributed by atoms with E-state index in [9.17, 15) is 9.59 Å². The van der Waals surface area contributed by atoms with Crippen LogP contribution in [0.3, 0.4) is 0 Å². The van der Waals surface area contributed by atoms with Gasteiger partial charge >= 0.3 is 11.9 Å². The Hall–Kier alpha value is -2.76. The number of carboxylic acid groups (broad SMARTS) is 1. The zero-order chi connectivity index (χ0) is 13.8. The van der Waals surface area contributed by atoms with E-state index in [0.717, 1.165) is 18.0 Å². The number of aromatic carboxylic acids is 1. The van der Waals surface area contributed by atoms with Crippen LogP contribution >= 0.6 is 0 Å². The first-order chi connectivity index (χ1) is 9.06. The first kappa shape index (κ1) is 12.7. The van der Waals surface area contributed by atoms with Crippen molar-refractivity contribution in [3.8, 4) is 5.75 Å². The number of benzene rings is 1. The predicted octanol–water partition coefficient (Wildman–Crippen LogP) is 1.70. The van der Waals surface area contributed by atoms with Gasteiger partial charge in [0.05, 0.1) is 12.4 Å². The van der Waals surface area contributed by atoms with Crippen molar-refractivity contribution in [2.24, 2.45) is 0 Å². The zero-order valence-corrected chi connectivity index (χ0v) is 10.0. The van der Waals surface area contributed by atoms with Crippen LogP contribution in [-0.2, 0) is 0 Å². The normalized spacial score (nSPS) is 9.95. The standard InChI is InChI=1S/C13H10N2O4/c1-8-2-4-9(5-3-8)19-13(18)11-7-14-10(6-15-11)12(16)17/h2-7H,1H3,(H,16,17). The number of ether oxygens (including phenoxy) is 1. The molecule has 0 atom stereocenters. The molecule has 0 radical (unpaired) electrons. The molecule has 1 N–H and O–H groups in total. The van der Waals surface area contributed by atoms with Gasteiger partial charge in [0.15, 0.2) is 11.4 Å². The highest BCUT2D eigenvalue weighted by molar-refractivity contribution is 5.90. The van der Waals surface area contributed by atoms with Gasteiger partial charge in [-0.2, -0.15) is 0 Å². The molecule has 1 aromatic carbocycles. The zero-order valence-electron chi connectivity index (χ0n) is 10.0. The number of hydrogen-bond acceptors (Lipinski definition) is 5. The first-order valence-corrected chi connectivity index (χ1v) is 5.40. The summed E-state index contributed by atoms with van der Waals surface area (Å²) in [5.74, 6) is -1.50. The summed E-state index contributed by atoms with van der Waals surface area (Å²) >= 11 is 0. The van der Waals surface area contributed by atoms with Crippen LogP contribution in [0, 0.1) is 6.92 Å². The van der Waals surface area contributed by atoms with Crippen LogP contribution < -0.4 is 4.74 Å². The fourth-order valence-electron chi connectivity index (χ4n) is 1.31. The van der Waals surface area contributed by atoms with Crippen LogP contribution in [-0.4, -0.2) is 27.0 Å². The number of carbonyl (C=O) groups excluding carboxylic acids is 1. The van der Waals surface area contributed by atoms with E-state index < -0.39 is 11.9 Å². The van der Waals surface area contributed by atoms with E-state index in [-0.39, 0.29) is 11.4 Å². The third-order valence-electron chi connectivity index (χ3n) is 2.31. The van der Waals surface area contributed by atoms with Gasteiger partial charge in [-0.25, -0.2) is 19.6 Å². The number of aryl methyl sites for hydroxylation is 1. The highest BCUT2D eigenvalue weighted by atomic mass is 16.5. The number of nitrogens with zero attached hydrogens (tertiary/aromatic N) is 2. The number of esters is 1. The summed E-state index contributed by atoms with van der Waals surface area (Å²) in [5.41, 5.74) is 0.767. The molecule has 0 aliphatic heterocycles. The summed E-state index contributed by atoms with van der Waals surface area (Å²) in [6, 6.07) is 6.93. The molecule has 19 heavy (non-hydrogen) atoms. The third kappa shape index (κ3) is 3.12. The van der Waals surface area contributed by atoms with Crippen molar-refractivity contribution < 1.29 is 19.4 Å². The maximum Gasteiger partial charge on any atom is 0.363 e. The van der Waals surface area contributed by atoms with Crippen LogP contribution in [0.1, 0.15) is 26.5 Å². The minimum Gasteiger partial charge on any atom is -0.476 e. The Labute approximate surface area is 108 Å². The van der Waals surface area contributed by atoms with Crippen molar-refractivity contribution in [2.45, 2.75) is 6.92 Å². The average molecular weight is 258 g/mol. The molecule has 2 aromatic rings. The van der Waals surface area contributed by atoms with E-state index in [1.54, 1.807) is 12.1 Å². The summed E-state index contributed by atoms with van der Waals surface area (Å²) in [6.07, 6.45) is 2.08. The van der Waals surface area contributed by atoms with Crippen LogP contribution in [0.2, 0.25) is 0 Å². The Bertz CT molecular complexity index is 606. The van der Waals surface area contributed by atoms with E-state index in [2.05, 4.69) is 9.97 Å². The molecular weight excluding hydrogens is 248 g/mol. The van der Waals surface area contributed by atoms with Gasteiger partial charge in [-0.1, -0.05) is 17.7 Å². The molecule has 0 amide bonds. The van der Waals surface area contributed by atoms with Crippen molar-refractivity contribution in [1.82, 2.24) is 9.97 Å². The summed E-state index contributed by atoms with van der Waals surface area (Å²) < 4.78 is 5.07. The lowest BCUT2D eigenvalue weighted by Crippen LogP contribution is -2.12. The smallest absolute Gasteiger partial charge is 0.363 e. The summed E-state index contributed by atoms with van der Waals surface area (Å²) in [6.45, 7) is 1.92. The van der Waals surface area contributed by atoms with Gasteiger partial charge in [0, 0.05) is 0 Å². The van der Waals surface area contributed by atoms with Gasteiger partial charge in [-0.15, -0.1) is 0 Å². The molecule has 0 spiro atoms. The topological polar surface area (TPSA) is 89.4 Å². The molecule has 6 heteroatoms. The van der Waals surface area contributed by atoms with Gasteiger partial charge in [0.1, 0.15) is 5.75 Å². The molecular formula is C13H10N2O4. The summed E-state index contributed by atoms with van der Waals surface area (Å²) in [4.78, 5) is 29.6. The fraction of sp³-hybridized carbons (Fsp3) is 0.0769. The molecule has 2 rings (SSSR count). The van der Waals surface area contributed by atoms with Gasteiger partial charge in [-0.05, 0) is 19.1 Å². The van der Waals surface area contributed by atoms with Gasteiger partial charge in [0.2, 0.25) is 0 Å². The molecule has 1 aromatic heterocycles. The molecule has 0 saturated carbocycles. The third-order valence-corrected chi connectivity index (χ3v) is 2.31. The SMILES string of the molecule is Cc1ccc(OC(=O)c2cnc(C(=O)O)cn2)cc1. The minimum absolute atomic E-state index is 0.0504. The molecule has 0 unspecified atom stereocenters. The lowest BCUT2D eigenvalue weighted by molar-refractivity contribution is 0.0682. The molecule has 0 bridgehead atoms. The maximum atomic E-state index is 11.7. The van der Waals surface area contributed by atoms with E-state index in [1.807, 2.05) is 19.1 Å². The van der Waals surface area contributed by atoms with Crippen molar-refractivity contribution in [3.63, 3.8) is 0 Å². The average Bonchev–Trinajstić information content (AvgIpc) is 2.41. The van der Waals surface area contributed by atoms with Crippen LogP contribution in [0.5, 0.6) is 5.75 Å². The second-order valence-electron chi connectivity index (χ2n) is 3.79. The van der Waals surface area contributed by atoms with Crippen molar-refractivity contribution in [2.75, 3.05) is 0 Å². The van der Waals surface area contributed by atoms with Crippen LogP contribution in [0.4, 0.5) is 0 Å². The fourth-order valence-corrected chi connectivity index (χ4v) is 1.31. The molecule has 0 saturated heterocycles.